The lowest BCUT2D eigenvalue weighted by Gasteiger charge is -2.22. The van der Waals surface area contributed by atoms with E-state index in [-0.39, 0.29) is 0 Å². The number of thiazole rings is 1. The quantitative estimate of drug-likeness (QED) is 0.590. The molecular formula is C18H26N4O3S. The smallest absolute Gasteiger partial charge is 0.203 e. The van der Waals surface area contributed by atoms with Gasteiger partial charge in [0.25, 0.3) is 0 Å². The summed E-state index contributed by atoms with van der Waals surface area (Å²) in [6, 6.07) is 3.81. The molecule has 0 aliphatic rings. The predicted octanol–water partition coefficient (Wildman–Crippen LogP) is 2.68. The van der Waals surface area contributed by atoms with Crippen LogP contribution >= 0.6 is 11.3 Å². The number of aromatic nitrogens is 1. The largest absolute Gasteiger partial charge is 0.493 e. The second kappa shape index (κ2) is 9.28. The van der Waals surface area contributed by atoms with E-state index in [0.717, 1.165) is 22.2 Å². The number of rotatable bonds is 7. The second-order valence-corrected chi connectivity index (χ2v) is 6.67. The van der Waals surface area contributed by atoms with Gasteiger partial charge in [-0.2, -0.15) is 0 Å². The molecule has 0 amide bonds. The van der Waals surface area contributed by atoms with Crippen LogP contribution in [0.15, 0.2) is 22.5 Å². The Morgan fingerprint density at radius 1 is 1.19 bits per heavy atom. The predicted molar refractivity (Wildman–Crippen MR) is 105 cm³/mol. The number of hydrogen-bond acceptors (Lipinski definition) is 6. The van der Waals surface area contributed by atoms with E-state index in [0.29, 0.717) is 30.3 Å². The number of nitrogens with zero attached hydrogens (tertiary/aromatic N) is 3. The molecule has 0 unspecified atom stereocenters. The molecule has 2 rings (SSSR count). The van der Waals surface area contributed by atoms with Gasteiger partial charge in [0, 0.05) is 31.6 Å². The average Bonchev–Trinajstić information content (AvgIpc) is 3.05. The average molecular weight is 378 g/mol. The van der Waals surface area contributed by atoms with E-state index in [9.17, 15) is 0 Å². The summed E-state index contributed by atoms with van der Waals surface area (Å²) in [6.07, 6.45) is 0. The van der Waals surface area contributed by atoms with Crippen LogP contribution in [0.1, 0.15) is 16.3 Å². The molecule has 2 aromatic rings. The first-order valence-corrected chi connectivity index (χ1v) is 9.02. The Labute approximate surface area is 158 Å². The lowest BCUT2D eigenvalue weighted by atomic mass is 10.1. The zero-order valence-corrected chi connectivity index (χ0v) is 16.9. The van der Waals surface area contributed by atoms with Gasteiger partial charge in [-0.1, -0.05) is 0 Å². The van der Waals surface area contributed by atoms with Crippen molar-refractivity contribution in [2.24, 2.45) is 4.99 Å². The highest BCUT2D eigenvalue weighted by Gasteiger charge is 2.16. The van der Waals surface area contributed by atoms with Crippen molar-refractivity contribution in [1.29, 1.82) is 0 Å². The van der Waals surface area contributed by atoms with E-state index in [1.165, 1.54) is 0 Å². The van der Waals surface area contributed by atoms with Gasteiger partial charge in [-0.15, -0.1) is 11.3 Å². The normalized spacial score (nSPS) is 11.2. The fourth-order valence-corrected chi connectivity index (χ4v) is 3.26. The number of hydrogen-bond donors (Lipinski definition) is 1. The van der Waals surface area contributed by atoms with E-state index in [2.05, 4.69) is 20.7 Å². The summed E-state index contributed by atoms with van der Waals surface area (Å²) in [5, 5.41) is 6.48. The number of ether oxygens (including phenoxy) is 3. The molecule has 7 nitrogen and oxygen atoms in total. The number of benzene rings is 1. The minimum Gasteiger partial charge on any atom is -0.493 e. The monoisotopic (exact) mass is 378 g/mol. The van der Waals surface area contributed by atoms with Crippen LogP contribution in [0.25, 0.3) is 0 Å². The van der Waals surface area contributed by atoms with Gasteiger partial charge in [-0.25, -0.2) is 4.98 Å². The van der Waals surface area contributed by atoms with Gasteiger partial charge in [0.2, 0.25) is 5.75 Å². The van der Waals surface area contributed by atoms with E-state index >= 15 is 0 Å². The third-order valence-electron chi connectivity index (χ3n) is 3.86. The number of nitrogens with one attached hydrogen (secondary N) is 1. The van der Waals surface area contributed by atoms with Crippen LogP contribution in [-0.2, 0) is 13.1 Å². The minimum absolute atomic E-state index is 0.538. The SMILES string of the molecule is CN=C(NCc1ccc(OC)c(OC)c1OC)N(C)Cc1csc(C)n1. The summed E-state index contributed by atoms with van der Waals surface area (Å²) >= 11 is 1.65. The zero-order valence-electron chi connectivity index (χ0n) is 16.1. The Hall–Kier alpha value is -2.48. The Balaban J connectivity index is 2.10. The highest BCUT2D eigenvalue weighted by molar-refractivity contribution is 7.09. The number of aryl methyl sites for hydroxylation is 1. The maximum absolute atomic E-state index is 5.53. The van der Waals surface area contributed by atoms with Crippen LogP contribution in [0.5, 0.6) is 17.2 Å². The summed E-state index contributed by atoms with van der Waals surface area (Å²) in [5.41, 5.74) is 1.98. The van der Waals surface area contributed by atoms with E-state index in [1.807, 2.05) is 31.0 Å². The second-order valence-electron chi connectivity index (χ2n) is 5.61. The van der Waals surface area contributed by atoms with Crippen molar-refractivity contribution in [2.75, 3.05) is 35.4 Å². The molecule has 0 atom stereocenters. The van der Waals surface area contributed by atoms with Crippen LogP contribution in [-0.4, -0.2) is 51.3 Å². The van der Waals surface area contributed by atoms with Gasteiger partial charge in [-0.3, -0.25) is 4.99 Å². The zero-order chi connectivity index (χ0) is 19.1. The third-order valence-corrected chi connectivity index (χ3v) is 4.68. The van der Waals surface area contributed by atoms with Gasteiger partial charge < -0.3 is 24.4 Å². The van der Waals surface area contributed by atoms with E-state index < -0.39 is 0 Å². The van der Waals surface area contributed by atoms with Crippen molar-refractivity contribution in [3.63, 3.8) is 0 Å². The van der Waals surface area contributed by atoms with Crippen LogP contribution < -0.4 is 19.5 Å². The molecule has 0 saturated heterocycles. The summed E-state index contributed by atoms with van der Waals surface area (Å²) in [5.74, 6) is 2.63. The first kappa shape index (κ1) is 19.8. The maximum Gasteiger partial charge on any atom is 0.203 e. The van der Waals surface area contributed by atoms with Crippen molar-refractivity contribution < 1.29 is 14.2 Å². The van der Waals surface area contributed by atoms with Gasteiger partial charge >= 0.3 is 0 Å². The van der Waals surface area contributed by atoms with Crippen molar-refractivity contribution in [3.8, 4) is 17.2 Å². The molecule has 1 heterocycles. The van der Waals surface area contributed by atoms with Crippen LogP contribution in [0.3, 0.4) is 0 Å². The van der Waals surface area contributed by atoms with Crippen molar-refractivity contribution in [1.82, 2.24) is 15.2 Å². The first-order valence-electron chi connectivity index (χ1n) is 8.14. The molecule has 0 aliphatic carbocycles. The van der Waals surface area contributed by atoms with Gasteiger partial charge in [-0.05, 0) is 19.1 Å². The van der Waals surface area contributed by atoms with E-state index in [4.69, 9.17) is 14.2 Å². The lowest BCUT2D eigenvalue weighted by molar-refractivity contribution is 0.322. The van der Waals surface area contributed by atoms with Gasteiger partial charge in [0.15, 0.2) is 17.5 Å². The Morgan fingerprint density at radius 2 is 1.92 bits per heavy atom. The molecule has 0 saturated carbocycles. The highest BCUT2D eigenvalue weighted by atomic mass is 32.1. The molecule has 0 bridgehead atoms. The molecule has 1 aromatic carbocycles. The summed E-state index contributed by atoms with van der Waals surface area (Å²) < 4.78 is 16.3. The van der Waals surface area contributed by atoms with Crippen LogP contribution in [0.4, 0.5) is 0 Å². The summed E-state index contributed by atoms with van der Waals surface area (Å²) in [7, 11) is 8.56. The number of aliphatic imine (C=N–C) groups is 1. The fourth-order valence-electron chi connectivity index (χ4n) is 2.66. The molecule has 1 aromatic heterocycles. The van der Waals surface area contributed by atoms with Crippen molar-refractivity contribution in [2.45, 2.75) is 20.0 Å². The Morgan fingerprint density at radius 3 is 2.46 bits per heavy atom. The topological polar surface area (TPSA) is 68.2 Å². The molecule has 0 aliphatic heterocycles. The Kier molecular flexibility index (Phi) is 7.08. The van der Waals surface area contributed by atoms with Crippen LogP contribution in [0.2, 0.25) is 0 Å². The molecule has 0 spiro atoms. The molecular weight excluding hydrogens is 352 g/mol. The fraction of sp³-hybridized carbons (Fsp3) is 0.444. The van der Waals surface area contributed by atoms with Gasteiger partial charge in [0.1, 0.15) is 0 Å². The molecule has 1 N–H and O–H groups in total. The van der Waals surface area contributed by atoms with Crippen LogP contribution in [0, 0.1) is 6.92 Å². The first-order chi connectivity index (χ1) is 12.5. The summed E-state index contributed by atoms with van der Waals surface area (Å²) in [6.45, 7) is 3.23. The lowest BCUT2D eigenvalue weighted by Crippen LogP contribution is -2.38. The molecule has 142 valence electrons. The van der Waals surface area contributed by atoms with Crippen molar-refractivity contribution in [3.05, 3.63) is 33.8 Å². The summed E-state index contributed by atoms with van der Waals surface area (Å²) in [4.78, 5) is 10.9. The number of methoxy groups -OCH3 is 3. The molecule has 26 heavy (non-hydrogen) atoms. The van der Waals surface area contributed by atoms with Crippen molar-refractivity contribution >= 4 is 17.3 Å². The third kappa shape index (κ3) is 4.57. The molecule has 8 heteroatoms. The molecule has 0 fully saturated rings. The van der Waals surface area contributed by atoms with E-state index in [1.54, 1.807) is 39.7 Å². The Bertz CT molecular complexity index is 761. The van der Waals surface area contributed by atoms with Gasteiger partial charge in [0.05, 0.1) is 38.6 Å². The number of guanidine groups is 1. The highest BCUT2D eigenvalue weighted by Crippen LogP contribution is 2.39. The molecule has 0 radical (unpaired) electrons. The minimum atomic E-state index is 0.538. The standard InChI is InChI=1S/C18H26N4O3S/c1-12-21-14(11-26-12)10-22(3)18(19-2)20-9-13-7-8-15(23-4)17(25-6)16(13)24-5/h7-8,11H,9-10H2,1-6H3,(H,19,20). The maximum atomic E-state index is 5.53.